The van der Waals surface area contributed by atoms with Crippen LogP contribution in [0.25, 0.3) is 0 Å². The Balaban J connectivity index is 2.06. The summed E-state index contributed by atoms with van der Waals surface area (Å²) < 4.78 is 12.6. The van der Waals surface area contributed by atoms with Crippen LogP contribution in [0, 0.1) is 11.7 Å². The predicted molar refractivity (Wildman–Crippen MR) is 51.4 cm³/mol. The molecule has 1 aliphatic heterocycles. The first kappa shape index (κ1) is 9.33. The fraction of sp³-hybridized carbons (Fsp3) is 0.556. The van der Waals surface area contributed by atoms with E-state index < -0.39 is 5.82 Å². The molecule has 0 saturated carbocycles. The highest BCUT2D eigenvalue weighted by molar-refractivity contribution is 5.30. The summed E-state index contributed by atoms with van der Waals surface area (Å²) in [5, 5.41) is 0. The highest BCUT2D eigenvalue weighted by Gasteiger charge is 2.22. The van der Waals surface area contributed by atoms with Crippen LogP contribution in [0.1, 0.15) is 6.42 Å². The van der Waals surface area contributed by atoms with Crippen LogP contribution < -0.4 is 10.6 Å². The summed E-state index contributed by atoms with van der Waals surface area (Å²) in [4.78, 5) is 9.89. The Bertz CT molecular complexity index is 300. The van der Waals surface area contributed by atoms with Crippen molar-refractivity contribution in [2.75, 3.05) is 24.5 Å². The van der Waals surface area contributed by atoms with Crippen LogP contribution in [0.2, 0.25) is 0 Å². The van der Waals surface area contributed by atoms with E-state index in [-0.39, 0.29) is 0 Å². The average molecular weight is 196 g/mol. The fourth-order valence-electron chi connectivity index (χ4n) is 1.68. The molecule has 1 aromatic rings. The Hall–Kier alpha value is -1.23. The summed E-state index contributed by atoms with van der Waals surface area (Å²) in [7, 11) is 0. The lowest BCUT2D eigenvalue weighted by atomic mass is 10.1. The maximum Gasteiger partial charge on any atom is 0.225 e. The maximum atomic E-state index is 12.6. The average Bonchev–Trinajstić information content (AvgIpc) is 2.67. The highest BCUT2D eigenvalue weighted by atomic mass is 19.1. The second-order valence-corrected chi connectivity index (χ2v) is 3.54. The fourth-order valence-corrected chi connectivity index (χ4v) is 1.68. The predicted octanol–water partition coefficient (Wildman–Crippen LogP) is 0.401. The molecule has 0 spiro atoms. The lowest BCUT2D eigenvalue weighted by Crippen LogP contribution is -2.24. The van der Waals surface area contributed by atoms with E-state index in [2.05, 4.69) is 9.97 Å². The van der Waals surface area contributed by atoms with Crippen molar-refractivity contribution in [3.8, 4) is 0 Å². The Morgan fingerprint density at radius 3 is 2.79 bits per heavy atom. The minimum absolute atomic E-state index is 0.400. The number of hydrogen-bond donors (Lipinski definition) is 1. The zero-order valence-corrected chi connectivity index (χ0v) is 7.86. The van der Waals surface area contributed by atoms with E-state index in [1.807, 2.05) is 4.90 Å². The minimum atomic E-state index is -0.400. The Morgan fingerprint density at radius 1 is 1.50 bits per heavy atom. The van der Waals surface area contributed by atoms with Crippen molar-refractivity contribution in [2.45, 2.75) is 6.42 Å². The molecule has 4 nitrogen and oxygen atoms in total. The van der Waals surface area contributed by atoms with Gasteiger partial charge in [0.2, 0.25) is 5.95 Å². The van der Waals surface area contributed by atoms with Gasteiger partial charge >= 0.3 is 0 Å². The van der Waals surface area contributed by atoms with Crippen molar-refractivity contribution < 1.29 is 4.39 Å². The van der Waals surface area contributed by atoms with Gasteiger partial charge < -0.3 is 10.6 Å². The van der Waals surface area contributed by atoms with Crippen LogP contribution in [0.5, 0.6) is 0 Å². The highest BCUT2D eigenvalue weighted by Crippen LogP contribution is 2.19. The van der Waals surface area contributed by atoms with Gasteiger partial charge in [-0.15, -0.1) is 0 Å². The van der Waals surface area contributed by atoms with E-state index in [0.717, 1.165) is 19.5 Å². The van der Waals surface area contributed by atoms with Crippen molar-refractivity contribution in [1.82, 2.24) is 9.97 Å². The number of nitrogens with two attached hydrogens (primary N) is 1. The molecule has 2 rings (SSSR count). The topological polar surface area (TPSA) is 55.0 Å². The molecule has 5 heteroatoms. The Kier molecular flexibility index (Phi) is 2.58. The van der Waals surface area contributed by atoms with Crippen molar-refractivity contribution in [1.29, 1.82) is 0 Å². The van der Waals surface area contributed by atoms with Gasteiger partial charge in [-0.2, -0.15) is 0 Å². The van der Waals surface area contributed by atoms with Crippen LogP contribution in [0.4, 0.5) is 10.3 Å². The van der Waals surface area contributed by atoms with E-state index in [0.29, 0.717) is 18.4 Å². The van der Waals surface area contributed by atoms with Crippen LogP contribution in [0.15, 0.2) is 12.4 Å². The summed E-state index contributed by atoms with van der Waals surface area (Å²) >= 11 is 0. The lowest BCUT2D eigenvalue weighted by molar-refractivity contribution is 0.599. The van der Waals surface area contributed by atoms with Crippen molar-refractivity contribution in [3.05, 3.63) is 18.2 Å². The number of anilines is 1. The van der Waals surface area contributed by atoms with Gasteiger partial charge in [0.05, 0.1) is 12.4 Å². The van der Waals surface area contributed by atoms with E-state index >= 15 is 0 Å². The van der Waals surface area contributed by atoms with E-state index in [1.165, 1.54) is 12.4 Å². The summed E-state index contributed by atoms with van der Waals surface area (Å²) in [6, 6.07) is 0. The first-order chi connectivity index (χ1) is 6.79. The first-order valence-electron chi connectivity index (χ1n) is 4.72. The van der Waals surface area contributed by atoms with Gasteiger partial charge in [0.1, 0.15) is 0 Å². The van der Waals surface area contributed by atoms with E-state index in [1.54, 1.807) is 0 Å². The molecule has 1 saturated heterocycles. The van der Waals surface area contributed by atoms with Crippen LogP contribution >= 0.6 is 0 Å². The summed E-state index contributed by atoms with van der Waals surface area (Å²) in [6.07, 6.45) is 3.45. The molecule has 76 valence electrons. The standard InChI is InChI=1S/C9H13FN4/c10-8-4-12-9(13-5-8)14-2-1-7(3-11)6-14/h4-5,7H,1-3,6,11H2. The molecule has 0 radical (unpaired) electrons. The molecular formula is C9H13FN4. The molecular weight excluding hydrogens is 183 g/mol. The molecule has 1 unspecified atom stereocenters. The number of aromatic nitrogens is 2. The third-order valence-corrected chi connectivity index (χ3v) is 2.51. The lowest BCUT2D eigenvalue weighted by Gasteiger charge is -2.15. The van der Waals surface area contributed by atoms with Crippen LogP contribution in [-0.4, -0.2) is 29.6 Å². The molecule has 0 bridgehead atoms. The number of halogens is 1. The number of nitrogens with zero attached hydrogens (tertiary/aromatic N) is 3. The third kappa shape index (κ3) is 1.82. The van der Waals surface area contributed by atoms with Gasteiger partial charge in [-0.1, -0.05) is 0 Å². The zero-order chi connectivity index (χ0) is 9.97. The van der Waals surface area contributed by atoms with Gasteiger partial charge in [0, 0.05) is 13.1 Å². The smallest absolute Gasteiger partial charge is 0.225 e. The first-order valence-corrected chi connectivity index (χ1v) is 4.72. The normalized spacial score (nSPS) is 21.6. The van der Waals surface area contributed by atoms with Crippen LogP contribution in [0.3, 0.4) is 0 Å². The monoisotopic (exact) mass is 196 g/mol. The Labute approximate surface area is 82.0 Å². The SMILES string of the molecule is NCC1CCN(c2ncc(F)cn2)C1. The minimum Gasteiger partial charge on any atom is -0.340 e. The molecule has 14 heavy (non-hydrogen) atoms. The molecule has 2 N–H and O–H groups in total. The van der Waals surface area contributed by atoms with Gasteiger partial charge in [-0.05, 0) is 18.9 Å². The van der Waals surface area contributed by atoms with Gasteiger partial charge in [0.25, 0.3) is 0 Å². The summed E-state index contributed by atoms with van der Waals surface area (Å²) in [5.41, 5.74) is 5.57. The molecule has 1 fully saturated rings. The summed E-state index contributed by atoms with van der Waals surface area (Å²) in [5.74, 6) is 0.717. The molecule has 0 aromatic carbocycles. The zero-order valence-electron chi connectivity index (χ0n) is 7.86. The number of rotatable bonds is 2. The largest absolute Gasteiger partial charge is 0.340 e. The Morgan fingerprint density at radius 2 is 2.21 bits per heavy atom. The van der Waals surface area contributed by atoms with Crippen molar-refractivity contribution in [3.63, 3.8) is 0 Å². The summed E-state index contributed by atoms with van der Waals surface area (Å²) in [6.45, 7) is 2.48. The maximum absolute atomic E-state index is 12.6. The second-order valence-electron chi connectivity index (χ2n) is 3.54. The van der Waals surface area contributed by atoms with Gasteiger partial charge in [-0.3, -0.25) is 0 Å². The third-order valence-electron chi connectivity index (χ3n) is 2.51. The molecule has 0 amide bonds. The molecule has 1 aliphatic rings. The van der Waals surface area contributed by atoms with Crippen LogP contribution in [-0.2, 0) is 0 Å². The van der Waals surface area contributed by atoms with E-state index in [4.69, 9.17) is 5.73 Å². The molecule has 1 atom stereocenters. The van der Waals surface area contributed by atoms with Crippen molar-refractivity contribution >= 4 is 5.95 Å². The van der Waals surface area contributed by atoms with Crippen molar-refractivity contribution in [2.24, 2.45) is 11.7 Å². The quantitative estimate of drug-likeness (QED) is 0.744. The molecule has 1 aromatic heterocycles. The molecule has 0 aliphatic carbocycles. The van der Waals surface area contributed by atoms with E-state index in [9.17, 15) is 4.39 Å². The molecule has 2 heterocycles. The van der Waals surface area contributed by atoms with Gasteiger partial charge in [-0.25, -0.2) is 14.4 Å². The van der Waals surface area contributed by atoms with Gasteiger partial charge in [0.15, 0.2) is 5.82 Å². The second kappa shape index (κ2) is 3.88. The number of hydrogen-bond acceptors (Lipinski definition) is 4.